The Hall–Kier alpha value is -4.55. The van der Waals surface area contributed by atoms with Gasteiger partial charge in [-0.25, -0.2) is 4.79 Å². The molecule has 0 fully saturated rings. The number of furan rings is 1. The molecule has 3 N–H and O–H groups in total. The Bertz CT molecular complexity index is 1380. The van der Waals surface area contributed by atoms with Crippen molar-refractivity contribution in [2.75, 3.05) is 7.11 Å². The lowest BCUT2D eigenvalue weighted by atomic mass is 10.1. The van der Waals surface area contributed by atoms with E-state index in [2.05, 4.69) is 15.2 Å². The van der Waals surface area contributed by atoms with Crippen molar-refractivity contribution in [3.63, 3.8) is 0 Å². The minimum atomic E-state index is -3.18. The van der Waals surface area contributed by atoms with Gasteiger partial charge >= 0.3 is 11.9 Å². The maximum Gasteiger partial charge on any atom is 0.358 e. The molecule has 4 rings (SSSR count). The summed E-state index contributed by atoms with van der Waals surface area (Å²) in [5.74, 6) is -5.99. The Morgan fingerprint density at radius 1 is 1.18 bits per heavy atom. The topological polar surface area (TPSA) is 160 Å². The highest BCUT2D eigenvalue weighted by Gasteiger charge is 2.30. The second kappa shape index (κ2) is 8.42. The van der Waals surface area contributed by atoms with Crippen molar-refractivity contribution < 1.29 is 37.0 Å². The van der Waals surface area contributed by atoms with Crippen LogP contribution < -0.4 is 10.5 Å². The normalized spacial score (nSPS) is 11.5. The largest absolute Gasteiger partial charge is 0.497 e. The van der Waals surface area contributed by atoms with E-state index in [4.69, 9.17) is 19.3 Å². The maximum atomic E-state index is 13.4. The summed E-state index contributed by atoms with van der Waals surface area (Å²) in [4.78, 5) is 28.7. The summed E-state index contributed by atoms with van der Waals surface area (Å²) >= 11 is 0. The molecule has 13 heteroatoms. The number of halogens is 2. The highest BCUT2D eigenvalue weighted by molar-refractivity contribution is 5.97. The number of amides is 1. The molecular formula is C21H17F2N5O6. The molecule has 4 aromatic rings. The summed E-state index contributed by atoms with van der Waals surface area (Å²) in [5.41, 5.74) is 4.73. The fourth-order valence-electron chi connectivity index (χ4n) is 3.09. The van der Waals surface area contributed by atoms with Crippen LogP contribution in [0.15, 0.2) is 45.2 Å². The molecule has 3 aromatic heterocycles. The van der Waals surface area contributed by atoms with Gasteiger partial charge in [-0.1, -0.05) is 12.1 Å². The van der Waals surface area contributed by atoms with E-state index in [-0.39, 0.29) is 35.3 Å². The molecule has 1 amide bonds. The predicted octanol–water partition coefficient (Wildman–Crippen LogP) is 3.16. The number of hydrogen-bond donors (Lipinski definition) is 2. The first kappa shape index (κ1) is 22.6. The number of oxazole rings is 1. The van der Waals surface area contributed by atoms with E-state index in [9.17, 15) is 23.5 Å². The average Bonchev–Trinajstić information content (AvgIpc) is 3.51. The Balaban J connectivity index is 1.75. The zero-order valence-corrected chi connectivity index (χ0v) is 17.8. The molecule has 11 nitrogen and oxygen atoms in total. The highest BCUT2D eigenvalue weighted by Crippen LogP contribution is 2.32. The van der Waals surface area contributed by atoms with E-state index in [1.54, 1.807) is 24.3 Å². The van der Waals surface area contributed by atoms with E-state index in [0.717, 1.165) is 10.9 Å². The number of alkyl halides is 2. The first-order chi connectivity index (χ1) is 16.1. The van der Waals surface area contributed by atoms with Crippen LogP contribution in [0.4, 0.5) is 8.78 Å². The molecule has 0 aliphatic carbocycles. The lowest BCUT2D eigenvalue weighted by Crippen LogP contribution is -2.14. The third-order valence-corrected chi connectivity index (χ3v) is 4.64. The SMILES string of the molecule is COc1cccc(-c2oc(-c3nn(Cc4ccc(C(C)(F)F)o4)nc3C(N)=O)nc2C(=O)O)c1. The van der Waals surface area contributed by atoms with Crippen molar-refractivity contribution in [1.29, 1.82) is 0 Å². The Morgan fingerprint density at radius 2 is 1.94 bits per heavy atom. The van der Waals surface area contributed by atoms with Gasteiger partial charge in [0.1, 0.15) is 18.1 Å². The van der Waals surface area contributed by atoms with Crippen molar-refractivity contribution in [1.82, 2.24) is 20.0 Å². The molecule has 0 spiro atoms. The first-order valence-electron chi connectivity index (χ1n) is 9.67. The second-order valence-corrected chi connectivity index (χ2v) is 7.18. The highest BCUT2D eigenvalue weighted by atomic mass is 19.3. The monoisotopic (exact) mass is 473 g/mol. The van der Waals surface area contributed by atoms with Crippen LogP contribution in [0.5, 0.6) is 5.75 Å². The Labute approximate surface area is 189 Å². The third kappa shape index (κ3) is 4.35. The zero-order chi connectivity index (χ0) is 24.6. The van der Waals surface area contributed by atoms with E-state index < -0.39 is 29.3 Å². The second-order valence-electron chi connectivity index (χ2n) is 7.18. The van der Waals surface area contributed by atoms with Crippen LogP contribution in [0, 0.1) is 0 Å². The molecule has 0 aliphatic heterocycles. The van der Waals surface area contributed by atoms with Crippen molar-refractivity contribution in [3.05, 3.63) is 59.3 Å². The number of carbonyl (C=O) groups excluding carboxylic acids is 1. The summed E-state index contributed by atoms with van der Waals surface area (Å²) in [6.07, 6.45) is 0. The summed E-state index contributed by atoms with van der Waals surface area (Å²) in [5, 5.41) is 17.6. The number of nitrogens with two attached hydrogens (primary N) is 1. The van der Waals surface area contributed by atoms with Crippen LogP contribution in [-0.4, -0.2) is 44.1 Å². The molecule has 3 heterocycles. The number of hydrogen-bond acceptors (Lipinski definition) is 8. The van der Waals surface area contributed by atoms with Gasteiger partial charge in [-0.15, -0.1) is 10.2 Å². The van der Waals surface area contributed by atoms with Crippen LogP contribution in [0.3, 0.4) is 0 Å². The molecule has 0 saturated heterocycles. The fraction of sp³-hybridized carbons (Fsp3) is 0.190. The van der Waals surface area contributed by atoms with Gasteiger partial charge in [0.05, 0.1) is 7.11 Å². The van der Waals surface area contributed by atoms with Crippen molar-refractivity contribution in [2.24, 2.45) is 5.73 Å². The van der Waals surface area contributed by atoms with E-state index >= 15 is 0 Å². The van der Waals surface area contributed by atoms with Gasteiger partial charge < -0.3 is 24.4 Å². The number of rotatable bonds is 8. The van der Waals surface area contributed by atoms with Crippen LogP contribution in [-0.2, 0) is 12.5 Å². The summed E-state index contributed by atoms with van der Waals surface area (Å²) in [7, 11) is 1.45. The van der Waals surface area contributed by atoms with Crippen molar-refractivity contribution >= 4 is 11.9 Å². The number of primary amides is 1. The lowest BCUT2D eigenvalue weighted by Gasteiger charge is -2.05. The van der Waals surface area contributed by atoms with Crippen LogP contribution >= 0.6 is 0 Å². The quantitative estimate of drug-likeness (QED) is 0.392. The number of nitrogens with zero attached hydrogens (tertiary/aromatic N) is 4. The molecule has 34 heavy (non-hydrogen) atoms. The number of aromatic nitrogens is 4. The van der Waals surface area contributed by atoms with Crippen molar-refractivity contribution in [3.8, 4) is 28.7 Å². The molecule has 0 radical (unpaired) electrons. The van der Waals surface area contributed by atoms with Crippen LogP contribution in [0.1, 0.15) is 39.4 Å². The van der Waals surface area contributed by atoms with Gasteiger partial charge in [0.15, 0.2) is 28.6 Å². The number of aromatic carboxylic acids is 1. The number of carboxylic acid groups (broad SMARTS) is 1. The van der Waals surface area contributed by atoms with Gasteiger partial charge in [0.2, 0.25) is 0 Å². The number of ether oxygens (including phenoxy) is 1. The maximum absolute atomic E-state index is 13.4. The van der Waals surface area contributed by atoms with Gasteiger partial charge in [0, 0.05) is 12.5 Å². The lowest BCUT2D eigenvalue weighted by molar-refractivity contribution is -0.00641. The minimum absolute atomic E-state index is 0.0878. The number of carboxylic acids is 1. The zero-order valence-electron chi connectivity index (χ0n) is 17.8. The minimum Gasteiger partial charge on any atom is -0.497 e. The molecular weight excluding hydrogens is 456 g/mol. The fourth-order valence-corrected chi connectivity index (χ4v) is 3.09. The molecule has 0 aliphatic rings. The number of methoxy groups -OCH3 is 1. The van der Waals surface area contributed by atoms with Crippen molar-refractivity contribution in [2.45, 2.75) is 19.4 Å². The molecule has 0 bridgehead atoms. The molecule has 176 valence electrons. The first-order valence-corrected chi connectivity index (χ1v) is 9.67. The van der Waals surface area contributed by atoms with E-state index in [1.165, 1.54) is 13.2 Å². The number of carbonyl (C=O) groups is 2. The smallest absolute Gasteiger partial charge is 0.358 e. The Morgan fingerprint density at radius 3 is 2.56 bits per heavy atom. The van der Waals surface area contributed by atoms with Crippen LogP contribution in [0.25, 0.3) is 22.9 Å². The third-order valence-electron chi connectivity index (χ3n) is 4.64. The molecule has 0 atom stereocenters. The van der Waals surface area contributed by atoms with E-state index in [1.807, 2.05) is 0 Å². The number of benzene rings is 1. The molecule has 0 saturated carbocycles. The average molecular weight is 473 g/mol. The summed E-state index contributed by atoms with van der Waals surface area (Å²) in [6.45, 7) is 0.471. The van der Waals surface area contributed by atoms with Gasteiger partial charge in [-0.05, 0) is 24.3 Å². The Kier molecular flexibility index (Phi) is 5.61. The van der Waals surface area contributed by atoms with Crippen LogP contribution in [0.2, 0.25) is 0 Å². The predicted molar refractivity (Wildman–Crippen MR) is 110 cm³/mol. The van der Waals surface area contributed by atoms with Gasteiger partial charge in [-0.3, -0.25) is 4.79 Å². The molecule has 0 unspecified atom stereocenters. The summed E-state index contributed by atoms with van der Waals surface area (Å²) in [6, 6.07) is 8.84. The van der Waals surface area contributed by atoms with Gasteiger partial charge in [0.25, 0.3) is 11.8 Å². The van der Waals surface area contributed by atoms with E-state index in [0.29, 0.717) is 18.2 Å². The summed E-state index contributed by atoms with van der Waals surface area (Å²) < 4.78 is 42.8. The van der Waals surface area contributed by atoms with Gasteiger partial charge in [-0.2, -0.15) is 18.6 Å². The standard InChI is InChI=1S/C21H17F2N5O6/c1-21(22,23)13-7-6-12(33-13)9-28-26-14(18(24)29)15(27-28)19-25-16(20(30)31)17(34-19)10-4-3-5-11(8-10)32-2/h3-8H,9H2,1-2H3,(H2,24,29)(H,30,31). The molecule has 1 aromatic carbocycles.